The Morgan fingerprint density at radius 2 is 2.29 bits per heavy atom. The van der Waals surface area contributed by atoms with Gasteiger partial charge >= 0.3 is 0 Å². The van der Waals surface area contributed by atoms with Gasteiger partial charge < -0.3 is 14.5 Å². The highest BCUT2D eigenvalue weighted by Crippen LogP contribution is 2.09. The predicted octanol–water partition coefficient (Wildman–Crippen LogP) is 2.40. The maximum Gasteiger partial charge on any atom is 0.164 e. The molecule has 14 heavy (non-hydrogen) atoms. The van der Waals surface area contributed by atoms with Gasteiger partial charge in [0.15, 0.2) is 3.77 Å². The third-order valence-electron chi connectivity index (χ3n) is 1.88. The molecule has 0 fully saturated rings. The van der Waals surface area contributed by atoms with Crippen LogP contribution in [0.1, 0.15) is 18.6 Å². The van der Waals surface area contributed by atoms with E-state index in [9.17, 15) is 0 Å². The fourth-order valence-corrected chi connectivity index (χ4v) is 1.62. The SMILES string of the molecule is COCCCCNCc1ccc(I)o1. The molecule has 1 rings (SSSR count). The van der Waals surface area contributed by atoms with Crippen molar-refractivity contribution in [2.75, 3.05) is 20.3 Å². The molecule has 80 valence electrons. The lowest BCUT2D eigenvalue weighted by Gasteiger charge is -2.01. The highest BCUT2D eigenvalue weighted by molar-refractivity contribution is 14.1. The van der Waals surface area contributed by atoms with Crippen molar-refractivity contribution in [2.24, 2.45) is 0 Å². The van der Waals surface area contributed by atoms with E-state index in [-0.39, 0.29) is 0 Å². The number of halogens is 1. The molecule has 1 N–H and O–H groups in total. The number of furan rings is 1. The Hall–Kier alpha value is -0.0700. The highest BCUT2D eigenvalue weighted by Gasteiger charge is 1.97. The second-order valence-electron chi connectivity index (χ2n) is 3.08. The molecule has 1 heterocycles. The van der Waals surface area contributed by atoms with E-state index in [0.717, 1.165) is 42.1 Å². The van der Waals surface area contributed by atoms with Gasteiger partial charge in [0.05, 0.1) is 6.54 Å². The molecule has 0 atom stereocenters. The summed E-state index contributed by atoms with van der Waals surface area (Å²) in [5, 5.41) is 3.32. The summed E-state index contributed by atoms with van der Waals surface area (Å²) in [6, 6.07) is 3.98. The highest BCUT2D eigenvalue weighted by atomic mass is 127. The smallest absolute Gasteiger partial charge is 0.164 e. The Bertz CT molecular complexity index is 250. The van der Waals surface area contributed by atoms with E-state index in [1.165, 1.54) is 0 Å². The molecular weight excluding hydrogens is 293 g/mol. The second-order valence-corrected chi connectivity index (χ2v) is 4.15. The first kappa shape index (κ1) is 12.0. The summed E-state index contributed by atoms with van der Waals surface area (Å²) in [6.45, 7) is 2.68. The van der Waals surface area contributed by atoms with Crippen molar-refractivity contribution >= 4 is 22.6 Å². The Balaban J connectivity index is 1.99. The van der Waals surface area contributed by atoms with E-state index >= 15 is 0 Å². The first-order valence-corrected chi connectivity index (χ1v) is 5.84. The molecule has 0 radical (unpaired) electrons. The van der Waals surface area contributed by atoms with Gasteiger partial charge in [-0.2, -0.15) is 0 Å². The number of ether oxygens (including phenoxy) is 1. The van der Waals surface area contributed by atoms with Crippen LogP contribution in [0.2, 0.25) is 0 Å². The number of hydrogen-bond donors (Lipinski definition) is 1. The lowest BCUT2D eigenvalue weighted by atomic mass is 10.3. The molecule has 0 saturated heterocycles. The monoisotopic (exact) mass is 309 g/mol. The van der Waals surface area contributed by atoms with E-state index in [2.05, 4.69) is 27.9 Å². The van der Waals surface area contributed by atoms with Gasteiger partial charge in [-0.25, -0.2) is 0 Å². The van der Waals surface area contributed by atoms with Crippen LogP contribution >= 0.6 is 22.6 Å². The fraction of sp³-hybridized carbons (Fsp3) is 0.600. The number of hydrogen-bond acceptors (Lipinski definition) is 3. The fourth-order valence-electron chi connectivity index (χ4n) is 1.15. The minimum absolute atomic E-state index is 0.815. The zero-order valence-corrected chi connectivity index (χ0v) is 10.5. The summed E-state index contributed by atoms with van der Waals surface area (Å²) < 4.78 is 11.3. The van der Waals surface area contributed by atoms with Crippen LogP contribution in [-0.4, -0.2) is 20.3 Å². The van der Waals surface area contributed by atoms with Crippen LogP contribution in [-0.2, 0) is 11.3 Å². The number of unbranched alkanes of at least 4 members (excludes halogenated alkanes) is 1. The average molecular weight is 309 g/mol. The molecule has 3 nitrogen and oxygen atoms in total. The predicted molar refractivity (Wildman–Crippen MR) is 64.2 cm³/mol. The van der Waals surface area contributed by atoms with Gasteiger partial charge in [-0.05, 0) is 54.1 Å². The minimum atomic E-state index is 0.815. The Kier molecular flexibility index (Phi) is 6.22. The van der Waals surface area contributed by atoms with Crippen molar-refractivity contribution in [1.82, 2.24) is 5.32 Å². The first-order chi connectivity index (χ1) is 6.83. The lowest BCUT2D eigenvalue weighted by molar-refractivity contribution is 0.192. The van der Waals surface area contributed by atoms with Crippen LogP contribution in [0.3, 0.4) is 0 Å². The van der Waals surface area contributed by atoms with Crippen LogP contribution in [0, 0.1) is 3.77 Å². The quantitative estimate of drug-likeness (QED) is 0.620. The third kappa shape index (κ3) is 4.97. The van der Waals surface area contributed by atoms with E-state index in [4.69, 9.17) is 9.15 Å². The molecular formula is C10H16INO2. The number of methoxy groups -OCH3 is 1. The molecule has 0 bridgehead atoms. The standard InChI is InChI=1S/C10H16INO2/c1-13-7-3-2-6-12-8-9-4-5-10(11)14-9/h4-5,12H,2-3,6-8H2,1H3. The summed E-state index contributed by atoms with van der Waals surface area (Å²) in [6.07, 6.45) is 2.25. The summed E-state index contributed by atoms with van der Waals surface area (Å²) in [4.78, 5) is 0. The summed E-state index contributed by atoms with van der Waals surface area (Å²) >= 11 is 2.17. The van der Waals surface area contributed by atoms with Gasteiger partial charge in [-0.1, -0.05) is 0 Å². The number of rotatable bonds is 7. The van der Waals surface area contributed by atoms with Gasteiger partial charge in [-0.3, -0.25) is 0 Å². The van der Waals surface area contributed by atoms with Crippen LogP contribution in [0.5, 0.6) is 0 Å². The second kappa shape index (κ2) is 7.25. The Labute approximate surface area is 98.3 Å². The van der Waals surface area contributed by atoms with Crippen LogP contribution in [0.4, 0.5) is 0 Å². The normalized spacial score (nSPS) is 10.7. The minimum Gasteiger partial charge on any atom is -0.454 e. The van der Waals surface area contributed by atoms with Crippen molar-refractivity contribution in [3.8, 4) is 0 Å². The molecule has 0 aliphatic rings. The van der Waals surface area contributed by atoms with E-state index in [1.807, 2.05) is 12.1 Å². The maximum atomic E-state index is 5.41. The first-order valence-electron chi connectivity index (χ1n) is 4.77. The lowest BCUT2D eigenvalue weighted by Crippen LogP contribution is -2.14. The molecule has 0 amide bonds. The van der Waals surface area contributed by atoms with Crippen LogP contribution in [0.25, 0.3) is 0 Å². The molecule has 0 aliphatic heterocycles. The topological polar surface area (TPSA) is 34.4 Å². The summed E-state index contributed by atoms with van der Waals surface area (Å²) in [5.41, 5.74) is 0. The van der Waals surface area contributed by atoms with Crippen molar-refractivity contribution in [1.29, 1.82) is 0 Å². The molecule has 1 aromatic rings. The Morgan fingerprint density at radius 1 is 1.43 bits per heavy atom. The van der Waals surface area contributed by atoms with Crippen molar-refractivity contribution < 1.29 is 9.15 Å². The third-order valence-corrected chi connectivity index (χ3v) is 2.46. The molecule has 1 aromatic heterocycles. The summed E-state index contributed by atoms with van der Waals surface area (Å²) in [7, 11) is 1.73. The van der Waals surface area contributed by atoms with E-state index < -0.39 is 0 Å². The molecule has 0 aromatic carbocycles. The van der Waals surface area contributed by atoms with Crippen LogP contribution < -0.4 is 5.32 Å². The molecule has 0 spiro atoms. The van der Waals surface area contributed by atoms with Crippen molar-refractivity contribution in [3.63, 3.8) is 0 Å². The van der Waals surface area contributed by atoms with E-state index in [0.29, 0.717) is 0 Å². The van der Waals surface area contributed by atoms with Gasteiger partial charge in [0.2, 0.25) is 0 Å². The van der Waals surface area contributed by atoms with Gasteiger partial charge in [0.1, 0.15) is 5.76 Å². The average Bonchev–Trinajstić information content (AvgIpc) is 2.58. The molecule has 0 aliphatic carbocycles. The molecule has 4 heteroatoms. The zero-order chi connectivity index (χ0) is 10.2. The summed E-state index contributed by atoms with van der Waals surface area (Å²) in [5.74, 6) is 1.00. The number of nitrogens with one attached hydrogen (secondary N) is 1. The van der Waals surface area contributed by atoms with Crippen molar-refractivity contribution in [3.05, 3.63) is 21.7 Å². The van der Waals surface area contributed by atoms with Crippen LogP contribution in [0.15, 0.2) is 16.5 Å². The van der Waals surface area contributed by atoms with Gasteiger partial charge in [0, 0.05) is 13.7 Å². The Morgan fingerprint density at radius 3 is 2.93 bits per heavy atom. The van der Waals surface area contributed by atoms with Crippen molar-refractivity contribution in [2.45, 2.75) is 19.4 Å². The largest absolute Gasteiger partial charge is 0.454 e. The molecule has 0 unspecified atom stereocenters. The van der Waals surface area contributed by atoms with Gasteiger partial charge in [-0.15, -0.1) is 0 Å². The van der Waals surface area contributed by atoms with E-state index in [1.54, 1.807) is 7.11 Å². The maximum absolute atomic E-state index is 5.41. The molecule has 0 saturated carbocycles. The zero-order valence-electron chi connectivity index (χ0n) is 8.38. The van der Waals surface area contributed by atoms with Gasteiger partial charge in [0.25, 0.3) is 0 Å².